The van der Waals surface area contributed by atoms with Crippen LogP contribution in [-0.2, 0) is 4.87 Å². The van der Waals surface area contributed by atoms with Crippen molar-refractivity contribution in [2.75, 3.05) is 13.7 Å². The summed E-state index contributed by atoms with van der Waals surface area (Å²) in [5, 5.41) is 7.34. The number of aryl methyl sites for hydroxylation is 1. The van der Waals surface area contributed by atoms with Crippen LogP contribution in [0.1, 0.15) is 23.1 Å². The van der Waals surface area contributed by atoms with E-state index in [-0.39, 0.29) is 10.7 Å². The normalized spacial score (nSPS) is 22.7. The van der Waals surface area contributed by atoms with Crippen LogP contribution in [0, 0.1) is 12.7 Å². The van der Waals surface area contributed by atoms with Gasteiger partial charge in [-0.05, 0) is 25.1 Å². The largest absolute Gasteiger partial charge is 0.493 e. The van der Waals surface area contributed by atoms with Gasteiger partial charge in [0.2, 0.25) is 0 Å². The first kappa shape index (κ1) is 14.6. The molecule has 0 aliphatic carbocycles. The summed E-state index contributed by atoms with van der Waals surface area (Å²) in [6.07, 6.45) is 0.811. The summed E-state index contributed by atoms with van der Waals surface area (Å²) in [6.45, 7) is 2.60. The molecule has 118 valence electrons. The standard InChI is InChI=1S/C18H17FN2OS/c1-12-7-8-15(19)13(11-12)17-20-21(2)18(23-17)9-10-22-16-6-4-3-5-14(16)18/h3-8,11H,9-10H2,1-2H3. The second-order valence-corrected chi connectivity index (χ2v) is 7.16. The number of thioether (sulfide) groups is 1. The molecule has 0 amide bonds. The van der Waals surface area contributed by atoms with Crippen LogP contribution in [0.5, 0.6) is 5.75 Å². The van der Waals surface area contributed by atoms with Crippen molar-refractivity contribution >= 4 is 16.8 Å². The highest BCUT2D eigenvalue weighted by Gasteiger charge is 2.47. The zero-order chi connectivity index (χ0) is 16.0. The predicted molar refractivity (Wildman–Crippen MR) is 91.3 cm³/mol. The zero-order valence-electron chi connectivity index (χ0n) is 13.0. The van der Waals surface area contributed by atoms with Gasteiger partial charge in [0.05, 0.1) is 6.61 Å². The van der Waals surface area contributed by atoms with E-state index in [2.05, 4.69) is 11.2 Å². The molecule has 0 saturated heterocycles. The summed E-state index contributed by atoms with van der Waals surface area (Å²) in [7, 11) is 1.95. The second-order valence-electron chi connectivity index (χ2n) is 5.89. The van der Waals surface area contributed by atoms with E-state index in [4.69, 9.17) is 4.74 Å². The maximum absolute atomic E-state index is 14.3. The number of hydrogen-bond acceptors (Lipinski definition) is 4. The lowest BCUT2D eigenvalue weighted by molar-refractivity contribution is 0.150. The first-order valence-electron chi connectivity index (χ1n) is 7.60. The van der Waals surface area contributed by atoms with Crippen molar-refractivity contribution in [1.82, 2.24) is 5.01 Å². The van der Waals surface area contributed by atoms with E-state index in [1.807, 2.05) is 43.2 Å². The Kier molecular flexibility index (Phi) is 3.34. The summed E-state index contributed by atoms with van der Waals surface area (Å²) in [5.41, 5.74) is 2.70. The maximum atomic E-state index is 14.3. The van der Waals surface area contributed by atoms with E-state index in [0.29, 0.717) is 12.2 Å². The summed E-state index contributed by atoms with van der Waals surface area (Å²) in [6, 6.07) is 13.2. The Morgan fingerprint density at radius 3 is 2.96 bits per heavy atom. The van der Waals surface area contributed by atoms with E-state index in [9.17, 15) is 4.39 Å². The third kappa shape index (κ3) is 2.22. The number of ether oxygens (including phenoxy) is 1. The molecule has 0 saturated carbocycles. The summed E-state index contributed by atoms with van der Waals surface area (Å²) in [5.74, 6) is 0.659. The predicted octanol–water partition coefficient (Wildman–Crippen LogP) is 4.11. The number of rotatable bonds is 1. The van der Waals surface area contributed by atoms with Gasteiger partial charge in [-0.15, -0.1) is 0 Å². The molecule has 0 bridgehead atoms. The van der Waals surface area contributed by atoms with Gasteiger partial charge in [-0.25, -0.2) is 4.39 Å². The fraction of sp³-hybridized carbons (Fsp3) is 0.278. The molecule has 1 unspecified atom stereocenters. The molecule has 1 spiro atoms. The number of fused-ring (bicyclic) bond motifs is 2. The topological polar surface area (TPSA) is 24.8 Å². The molecule has 0 aromatic heterocycles. The van der Waals surface area contributed by atoms with Crippen LogP contribution in [0.25, 0.3) is 0 Å². The maximum Gasteiger partial charge on any atom is 0.140 e. The highest BCUT2D eigenvalue weighted by Crippen LogP contribution is 2.53. The molecule has 2 aromatic rings. The van der Waals surface area contributed by atoms with Crippen LogP contribution in [0.4, 0.5) is 4.39 Å². The van der Waals surface area contributed by atoms with Crippen LogP contribution in [0.15, 0.2) is 47.6 Å². The van der Waals surface area contributed by atoms with Gasteiger partial charge in [0, 0.05) is 24.6 Å². The Labute approximate surface area is 139 Å². The lowest BCUT2D eigenvalue weighted by atomic mass is 9.99. The number of benzene rings is 2. The molecule has 0 radical (unpaired) electrons. The Hall–Kier alpha value is -2.01. The van der Waals surface area contributed by atoms with E-state index < -0.39 is 0 Å². The van der Waals surface area contributed by atoms with Crippen LogP contribution in [-0.4, -0.2) is 23.7 Å². The highest BCUT2D eigenvalue weighted by molar-refractivity contribution is 8.15. The number of halogens is 1. The van der Waals surface area contributed by atoms with Crippen LogP contribution >= 0.6 is 11.8 Å². The van der Waals surface area contributed by atoms with Crippen molar-refractivity contribution in [2.45, 2.75) is 18.2 Å². The minimum Gasteiger partial charge on any atom is -0.493 e. The van der Waals surface area contributed by atoms with Crippen LogP contribution in [0.3, 0.4) is 0 Å². The fourth-order valence-electron chi connectivity index (χ4n) is 3.17. The number of hydrogen-bond donors (Lipinski definition) is 0. The van der Waals surface area contributed by atoms with E-state index in [1.54, 1.807) is 17.8 Å². The van der Waals surface area contributed by atoms with Crippen molar-refractivity contribution in [3.8, 4) is 5.75 Å². The second kappa shape index (κ2) is 5.27. The van der Waals surface area contributed by atoms with Crippen LogP contribution in [0.2, 0.25) is 0 Å². The van der Waals surface area contributed by atoms with Gasteiger partial charge in [-0.2, -0.15) is 5.10 Å². The Bertz CT molecular complexity index is 807. The Balaban J connectivity index is 1.78. The van der Waals surface area contributed by atoms with Crippen molar-refractivity contribution in [1.29, 1.82) is 0 Å². The van der Waals surface area contributed by atoms with Gasteiger partial charge in [0.15, 0.2) is 0 Å². The molecule has 5 heteroatoms. The number of nitrogens with zero attached hydrogens (tertiary/aromatic N) is 2. The van der Waals surface area contributed by atoms with Gasteiger partial charge in [0.1, 0.15) is 21.5 Å². The molecular weight excluding hydrogens is 311 g/mol. The lowest BCUT2D eigenvalue weighted by Crippen LogP contribution is -2.39. The van der Waals surface area contributed by atoms with Gasteiger partial charge in [0.25, 0.3) is 0 Å². The van der Waals surface area contributed by atoms with E-state index >= 15 is 0 Å². The summed E-state index contributed by atoms with van der Waals surface area (Å²) < 4.78 is 20.0. The van der Waals surface area contributed by atoms with Gasteiger partial charge >= 0.3 is 0 Å². The Morgan fingerprint density at radius 1 is 1.26 bits per heavy atom. The SMILES string of the molecule is Cc1ccc(F)c(C2=NN(C)C3(CCOc4ccccc43)S2)c1. The molecule has 2 heterocycles. The van der Waals surface area contributed by atoms with Crippen molar-refractivity contribution in [3.05, 3.63) is 65.0 Å². The molecule has 23 heavy (non-hydrogen) atoms. The average molecular weight is 328 g/mol. The number of para-hydroxylation sites is 1. The molecule has 2 aliphatic heterocycles. The number of hydrazone groups is 1. The minimum atomic E-state index is -0.319. The lowest BCUT2D eigenvalue weighted by Gasteiger charge is -2.39. The first-order chi connectivity index (χ1) is 11.1. The Morgan fingerprint density at radius 2 is 2.09 bits per heavy atom. The molecule has 1 atom stereocenters. The third-order valence-electron chi connectivity index (χ3n) is 4.39. The van der Waals surface area contributed by atoms with Crippen LogP contribution < -0.4 is 4.74 Å². The quantitative estimate of drug-likeness (QED) is 0.787. The summed E-state index contributed by atoms with van der Waals surface area (Å²) in [4.78, 5) is -0.319. The smallest absolute Gasteiger partial charge is 0.140 e. The monoisotopic (exact) mass is 328 g/mol. The molecule has 0 N–H and O–H groups in total. The van der Waals surface area contributed by atoms with Crippen molar-refractivity contribution in [3.63, 3.8) is 0 Å². The first-order valence-corrected chi connectivity index (χ1v) is 8.42. The third-order valence-corrected chi connectivity index (χ3v) is 5.91. The average Bonchev–Trinajstić information content (AvgIpc) is 2.88. The molecule has 3 nitrogen and oxygen atoms in total. The summed E-state index contributed by atoms with van der Waals surface area (Å²) >= 11 is 1.62. The molecular formula is C18H17FN2OS. The molecule has 4 rings (SSSR count). The van der Waals surface area contributed by atoms with E-state index in [1.165, 1.54) is 6.07 Å². The van der Waals surface area contributed by atoms with E-state index in [0.717, 1.165) is 28.3 Å². The highest BCUT2D eigenvalue weighted by atomic mass is 32.2. The zero-order valence-corrected chi connectivity index (χ0v) is 13.9. The molecule has 2 aromatic carbocycles. The molecule has 2 aliphatic rings. The minimum absolute atomic E-state index is 0.229. The van der Waals surface area contributed by atoms with Crippen molar-refractivity contribution in [2.24, 2.45) is 5.10 Å². The van der Waals surface area contributed by atoms with Gasteiger partial charge in [-0.1, -0.05) is 41.6 Å². The molecule has 0 fully saturated rings. The van der Waals surface area contributed by atoms with Gasteiger partial charge in [-0.3, -0.25) is 5.01 Å². The fourth-order valence-corrected chi connectivity index (χ4v) is 4.55. The van der Waals surface area contributed by atoms with Gasteiger partial charge < -0.3 is 4.74 Å². The van der Waals surface area contributed by atoms with Crippen molar-refractivity contribution < 1.29 is 9.13 Å².